The lowest BCUT2D eigenvalue weighted by atomic mass is 9.87. The molecule has 0 aromatic heterocycles. The van der Waals surface area contributed by atoms with Crippen LogP contribution < -0.4 is 10.1 Å². The van der Waals surface area contributed by atoms with Gasteiger partial charge >= 0.3 is 6.36 Å². The number of aliphatic hydroxyl groups is 1. The lowest BCUT2D eigenvalue weighted by Gasteiger charge is -2.26. The number of benzene rings is 1. The lowest BCUT2D eigenvalue weighted by Crippen LogP contribution is -2.37. The Kier molecular flexibility index (Phi) is 7.89. The summed E-state index contributed by atoms with van der Waals surface area (Å²) in [6.07, 6.45) is -5.77. The molecule has 0 heterocycles. The Bertz CT molecular complexity index is 585. The van der Waals surface area contributed by atoms with Crippen molar-refractivity contribution in [3.63, 3.8) is 0 Å². The average Bonchev–Trinajstić information content (AvgIpc) is 2.49. The van der Waals surface area contributed by atoms with E-state index in [-0.39, 0.29) is 18.8 Å². The first-order chi connectivity index (χ1) is 11.9. The minimum atomic E-state index is -4.80. The second-order valence-corrected chi connectivity index (χ2v) is 6.99. The van der Waals surface area contributed by atoms with Crippen LogP contribution >= 0.6 is 0 Å². The Morgan fingerprint density at radius 1 is 1.27 bits per heavy atom. The molecule has 0 spiro atoms. The van der Waals surface area contributed by atoms with E-state index in [0.717, 1.165) is 0 Å². The second kappa shape index (κ2) is 9.23. The summed E-state index contributed by atoms with van der Waals surface area (Å²) in [6.45, 7) is 7.66. The van der Waals surface area contributed by atoms with Crippen LogP contribution in [0.25, 0.3) is 0 Å². The van der Waals surface area contributed by atoms with E-state index < -0.39 is 29.8 Å². The Balaban J connectivity index is 2.89. The van der Waals surface area contributed by atoms with Crippen molar-refractivity contribution in [1.82, 2.24) is 5.32 Å². The maximum atomic E-state index is 12.4. The van der Waals surface area contributed by atoms with Crippen LogP contribution in [0, 0.1) is 5.41 Å². The van der Waals surface area contributed by atoms with Crippen LogP contribution in [0.2, 0.25) is 0 Å². The molecule has 1 unspecified atom stereocenters. The van der Waals surface area contributed by atoms with E-state index in [9.17, 15) is 23.1 Å². The van der Waals surface area contributed by atoms with Crippen molar-refractivity contribution in [2.24, 2.45) is 5.41 Å². The summed E-state index contributed by atoms with van der Waals surface area (Å²) in [5.41, 5.74) is -0.0495. The highest BCUT2D eigenvalue weighted by Gasteiger charge is 2.31. The van der Waals surface area contributed by atoms with Crippen molar-refractivity contribution in [2.75, 3.05) is 13.2 Å². The van der Waals surface area contributed by atoms with Gasteiger partial charge in [-0.05, 0) is 30.0 Å². The maximum absolute atomic E-state index is 12.4. The molecule has 5 nitrogen and oxygen atoms in total. The third kappa shape index (κ3) is 8.05. The summed E-state index contributed by atoms with van der Waals surface area (Å²) < 4.78 is 46.4. The van der Waals surface area contributed by atoms with Crippen molar-refractivity contribution < 1.29 is 32.5 Å². The topological polar surface area (TPSA) is 67.8 Å². The fourth-order valence-electron chi connectivity index (χ4n) is 2.12. The highest BCUT2D eigenvalue weighted by atomic mass is 19.4. The largest absolute Gasteiger partial charge is 0.573 e. The first-order valence-corrected chi connectivity index (χ1v) is 8.33. The van der Waals surface area contributed by atoms with Crippen LogP contribution in [-0.4, -0.2) is 36.7 Å². The van der Waals surface area contributed by atoms with Crippen LogP contribution in [0.1, 0.15) is 45.7 Å². The summed E-state index contributed by atoms with van der Waals surface area (Å²) in [5, 5.41) is 12.8. The Morgan fingerprint density at radius 2 is 1.92 bits per heavy atom. The number of hydrogen-bond donors (Lipinski definition) is 2. The SMILES string of the molecule is CCOCC(NC(=O)C[C@H](O)C(C)(C)C)c1cccc(OC(F)(F)F)c1. The Hall–Kier alpha value is -1.80. The number of hydrogen-bond acceptors (Lipinski definition) is 4. The molecule has 1 aromatic carbocycles. The van der Waals surface area contributed by atoms with Crippen LogP contribution in [0.3, 0.4) is 0 Å². The van der Waals surface area contributed by atoms with Gasteiger partial charge in [0, 0.05) is 6.61 Å². The van der Waals surface area contributed by atoms with Gasteiger partial charge in [-0.3, -0.25) is 4.79 Å². The summed E-state index contributed by atoms with van der Waals surface area (Å²) in [7, 11) is 0. The molecule has 1 rings (SSSR count). The van der Waals surface area contributed by atoms with E-state index in [1.807, 2.05) is 0 Å². The van der Waals surface area contributed by atoms with Crippen molar-refractivity contribution in [2.45, 2.75) is 52.6 Å². The van der Waals surface area contributed by atoms with Crippen molar-refractivity contribution in [3.05, 3.63) is 29.8 Å². The van der Waals surface area contributed by atoms with Gasteiger partial charge < -0.3 is 19.9 Å². The highest BCUT2D eigenvalue weighted by Crippen LogP contribution is 2.26. The zero-order chi connectivity index (χ0) is 20.0. The van der Waals surface area contributed by atoms with Crippen LogP contribution in [0.4, 0.5) is 13.2 Å². The average molecular weight is 377 g/mol. The summed E-state index contributed by atoms with van der Waals surface area (Å²) in [4.78, 5) is 12.2. The van der Waals surface area contributed by atoms with E-state index in [1.54, 1.807) is 33.8 Å². The molecule has 0 saturated carbocycles. The highest BCUT2D eigenvalue weighted by molar-refractivity contribution is 5.77. The molecule has 0 saturated heterocycles. The van der Waals surface area contributed by atoms with Gasteiger partial charge in [0.05, 0.1) is 25.2 Å². The third-order valence-corrected chi connectivity index (χ3v) is 3.70. The summed E-state index contributed by atoms with van der Waals surface area (Å²) >= 11 is 0. The maximum Gasteiger partial charge on any atom is 0.573 e. The number of amides is 1. The molecule has 2 N–H and O–H groups in total. The number of alkyl halides is 3. The molecule has 8 heteroatoms. The van der Waals surface area contributed by atoms with Gasteiger partial charge in [-0.15, -0.1) is 13.2 Å². The molecular weight excluding hydrogens is 351 g/mol. The predicted octanol–water partition coefficient (Wildman–Crippen LogP) is 3.58. The van der Waals surface area contributed by atoms with E-state index in [1.165, 1.54) is 18.2 Å². The van der Waals surface area contributed by atoms with Gasteiger partial charge in [0.1, 0.15) is 5.75 Å². The summed E-state index contributed by atoms with van der Waals surface area (Å²) in [5.74, 6) is -0.792. The quantitative estimate of drug-likeness (QED) is 0.727. The molecule has 0 radical (unpaired) electrons. The standard InChI is InChI=1S/C18H26F3NO4/c1-5-25-11-14(22-16(24)10-15(23)17(2,3)4)12-7-6-8-13(9-12)26-18(19,20)21/h6-9,14-15,23H,5,10-11H2,1-4H3,(H,22,24)/t14?,15-/m0/s1. The van der Waals surface area contributed by atoms with Crippen molar-refractivity contribution >= 4 is 5.91 Å². The molecule has 26 heavy (non-hydrogen) atoms. The van der Waals surface area contributed by atoms with E-state index in [2.05, 4.69) is 10.1 Å². The molecule has 1 aromatic rings. The van der Waals surface area contributed by atoms with E-state index >= 15 is 0 Å². The number of carbonyl (C=O) groups is 1. The first kappa shape index (κ1) is 22.2. The first-order valence-electron chi connectivity index (χ1n) is 8.33. The number of nitrogens with one attached hydrogen (secondary N) is 1. The zero-order valence-electron chi connectivity index (χ0n) is 15.4. The van der Waals surface area contributed by atoms with Crippen molar-refractivity contribution in [3.8, 4) is 5.75 Å². The van der Waals surface area contributed by atoms with Gasteiger partial charge in [0.15, 0.2) is 0 Å². The predicted molar refractivity (Wildman–Crippen MR) is 90.6 cm³/mol. The molecule has 1 amide bonds. The second-order valence-electron chi connectivity index (χ2n) is 6.99. The monoisotopic (exact) mass is 377 g/mol. The lowest BCUT2D eigenvalue weighted by molar-refractivity contribution is -0.274. The van der Waals surface area contributed by atoms with Crippen LogP contribution in [0.15, 0.2) is 24.3 Å². The van der Waals surface area contributed by atoms with E-state index in [4.69, 9.17) is 4.74 Å². The van der Waals surface area contributed by atoms with Gasteiger partial charge in [0.2, 0.25) is 5.91 Å². The van der Waals surface area contributed by atoms with Gasteiger partial charge in [0.25, 0.3) is 0 Å². The Morgan fingerprint density at radius 3 is 2.46 bits per heavy atom. The number of carbonyl (C=O) groups excluding carboxylic acids is 1. The fraction of sp³-hybridized carbons (Fsp3) is 0.611. The summed E-state index contributed by atoms with van der Waals surface area (Å²) in [6, 6.07) is 4.71. The molecule has 0 aliphatic rings. The van der Waals surface area contributed by atoms with Gasteiger partial charge in [-0.1, -0.05) is 32.9 Å². The fourth-order valence-corrected chi connectivity index (χ4v) is 2.12. The smallest absolute Gasteiger partial charge is 0.406 e. The zero-order valence-corrected chi connectivity index (χ0v) is 15.4. The third-order valence-electron chi connectivity index (χ3n) is 3.70. The van der Waals surface area contributed by atoms with Crippen molar-refractivity contribution in [1.29, 1.82) is 0 Å². The van der Waals surface area contributed by atoms with Gasteiger partial charge in [-0.2, -0.15) is 0 Å². The number of rotatable bonds is 8. The normalized spacial score (nSPS) is 14.6. The molecule has 0 aliphatic carbocycles. The van der Waals surface area contributed by atoms with E-state index in [0.29, 0.717) is 12.2 Å². The molecule has 0 fully saturated rings. The van der Waals surface area contributed by atoms with Crippen LogP contribution in [-0.2, 0) is 9.53 Å². The minimum Gasteiger partial charge on any atom is -0.406 e. The number of ether oxygens (including phenoxy) is 2. The number of halogens is 3. The Labute approximate surface area is 151 Å². The van der Waals surface area contributed by atoms with Crippen LogP contribution in [0.5, 0.6) is 5.75 Å². The minimum absolute atomic E-state index is 0.0866. The molecule has 2 atom stereocenters. The molecule has 0 bridgehead atoms. The number of aliphatic hydroxyl groups excluding tert-OH is 1. The molecule has 0 aliphatic heterocycles. The molecule has 148 valence electrons. The van der Waals surface area contributed by atoms with Gasteiger partial charge in [-0.25, -0.2) is 0 Å². The molecular formula is C18H26F3NO4.